The zero-order valence-corrected chi connectivity index (χ0v) is 33.1. The Hall–Kier alpha value is -8.62. The minimum atomic E-state index is 0.489. The third-order valence-electron chi connectivity index (χ3n) is 11.3. The van der Waals surface area contributed by atoms with Gasteiger partial charge in [0.05, 0.1) is 16.6 Å². The van der Waals surface area contributed by atoms with Crippen LogP contribution in [0.1, 0.15) is 0 Å². The van der Waals surface area contributed by atoms with Crippen LogP contribution in [0, 0.1) is 0 Å². The minimum absolute atomic E-state index is 0.489. The van der Waals surface area contributed by atoms with Crippen molar-refractivity contribution in [3.63, 3.8) is 0 Å². The molecule has 8 nitrogen and oxygen atoms in total. The van der Waals surface area contributed by atoms with Crippen LogP contribution in [0.15, 0.2) is 205 Å². The third-order valence-corrected chi connectivity index (χ3v) is 11.3. The molecule has 12 rings (SSSR count). The highest BCUT2D eigenvalue weighted by atomic mass is 16.3. The van der Waals surface area contributed by atoms with Gasteiger partial charge in [-0.1, -0.05) is 176 Å². The van der Waals surface area contributed by atoms with Gasteiger partial charge in [0.1, 0.15) is 11.2 Å². The fourth-order valence-electron chi connectivity index (χ4n) is 8.44. The van der Waals surface area contributed by atoms with E-state index in [2.05, 4.69) is 77.4 Å². The topological polar surface area (TPSA) is 95.4 Å². The summed E-state index contributed by atoms with van der Waals surface area (Å²) in [7, 11) is 0. The summed E-state index contributed by atoms with van der Waals surface area (Å²) in [4.78, 5) is 30.8. The summed E-state index contributed by atoms with van der Waals surface area (Å²) in [5.74, 6) is 3.27. The molecule has 290 valence electrons. The molecule has 0 aliphatic heterocycles. The van der Waals surface area contributed by atoms with E-state index >= 15 is 0 Å². The summed E-state index contributed by atoms with van der Waals surface area (Å²) in [6, 6.07) is 67.6. The number of fused-ring (bicyclic) bond motifs is 6. The first kappa shape index (κ1) is 35.3. The molecule has 0 atom stereocenters. The van der Waals surface area contributed by atoms with Crippen molar-refractivity contribution < 1.29 is 4.42 Å². The predicted molar refractivity (Wildman–Crippen MR) is 247 cm³/mol. The van der Waals surface area contributed by atoms with E-state index in [1.807, 2.05) is 127 Å². The lowest BCUT2D eigenvalue weighted by Gasteiger charge is -2.11. The van der Waals surface area contributed by atoms with Crippen LogP contribution in [0.25, 0.3) is 118 Å². The van der Waals surface area contributed by atoms with E-state index in [0.29, 0.717) is 46.2 Å². The predicted octanol–water partition coefficient (Wildman–Crippen LogP) is 13.1. The lowest BCUT2D eigenvalue weighted by Crippen LogP contribution is -2.06. The second-order valence-corrected chi connectivity index (χ2v) is 15.1. The van der Waals surface area contributed by atoms with Crippen molar-refractivity contribution in [2.45, 2.75) is 0 Å². The first-order valence-electron chi connectivity index (χ1n) is 20.5. The molecular formula is C54H33N7O. The molecule has 0 saturated carbocycles. The molecule has 0 bridgehead atoms. The van der Waals surface area contributed by atoms with Crippen molar-refractivity contribution in [3.05, 3.63) is 200 Å². The fourth-order valence-corrected chi connectivity index (χ4v) is 8.44. The van der Waals surface area contributed by atoms with E-state index in [-0.39, 0.29) is 0 Å². The van der Waals surface area contributed by atoms with E-state index in [9.17, 15) is 0 Å². The number of nitrogens with zero attached hydrogens (tertiary/aromatic N) is 7. The zero-order valence-electron chi connectivity index (χ0n) is 33.1. The van der Waals surface area contributed by atoms with E-state index < -0.39 is 0 Å². The Kier molecular flexibility index (Phi) is 8.31. The van der Waals surface area contributed by atoms with Crippen LogP contribution in [-0.4, -0.2) is 34.5 Å². The van der Waals surface area contributed by atoms with Gasteiger partial charge in [0, 0.05) is 43.8 Å². The van der Waals surface area contributed by atoms with Gasteiger partial charge in [0.25, 0.3) is 0 Å². The molecule has 12 aromatic rings. The van der Waals surface area contributed by atoms with Crippen molar-refractivity contribution in [2.75, 3.05) is 0 Å². The lowest BCUT2D eigenvalue weighted by atomic mass is 10.0. The normalized spacial score (nSPS) is 11.5. The molecule has 0 fully saturated rings. The molecule has 0 N–H and O–H groups in total. The average molecular weight is 796 g/mol. The molecule has 0 unspecified atom stereocenters. The van der Waals surface area contributed by atoms with Gasteiger partial charge in [-0.3, -0.25) is 4.57 Å². The number of para-hydroxylation sites is 2. The number of furan rings is 1. The summed E-state index contributed by atoms with van der Waals surface area (Å²) in [5, 5.41) is 4.01. The molecule has 8 heteroatoms. The highest BCUT2D eigenvalue weighted by molar-refractivity contribution is 6.15. The minimum Gasteiger partial charge on any atom is -0.455 e. The summed E-state index contributed by atoms with van der Waals surface area (Å²) in [5.41, 5.74) is 9.83. The maximum Gasteiger partial charge on any atom is 0.238 e. The summed E-state index contributed by atoms with van der Waals surface area (Å²) >= 11 is 0. The molecule has 8 aromatic carbocycles. The van der Waals surface area contributed by atoms with E-state index in [0.717, 1.165) is 71.5 Å². The van der Waals surface area contributed by atoms with Crippen molar-refractivity contribution >= 4 is 43.7 Å². The Labute approximate surface area is 355 Å². The van der Waals surface area contributed by atoms with Crippen molar-refractivity contribution in [1.82, 2.24) is 34.5 Å². The molecule has 4 aromatic heterocycles. The van der Waals surface area contributed by atoms with Crippen molar-refractivity contribution in [3.8, 4) is 74.0 Å². The van der Waals surface area contributed by atoms with Crippen LogP contribution < -0.4 is 0 Å². The fraction of sp³-hybridized carbons (Fsp3) is 0. The van der Waals surface area contributed by atoms with Gasteiger partial charge in [-0.05, 0) is 35.4 Å². The summed E-state index contributed by atoms with van der Waals surface area (Å²) < 4.78 is 8.99. The monoisotopic (exact) mass is 795 g/mol. The Bertz CT molecular complexity index is 3570. The molecule has 0 aliphatic carbocycles. The molecule has 62 heavy (non-hydrogen) atoms. The van der Waals surface area contributed by atoms with Crippen LogP contribution in [0.3, 0.4) is 0 Å². The SMILES string of the molecule is c1ccc(-c2ccc3c4ccccc4n(-c4nc(-c5ccccc5)nc(-c5cccc6c5oc5cccc(-c7nc(-c8ccccc8)nc(-c8ccccc8)n7)c56)n4)c3c2)cc1. The number of rotatable bonds is 7. The summed E-state index contributed by atoms with van der Waals surface area (Å²) in [6.45, 7) is 0. The molecule has 0 spiro atoms. The highest BCUT2D eigenvalue weighted by Gasteiger charge is 2.23. The zero-order chi connectivity index (χ0) is 41.0. The van der Waals surface area contributed by atoms with Gasteiger partial charge in [-0.25, -0.2) is 19.9 Å². The van der Waals surface area contributed by atoms with Crippen LogP contribution >= 0.6 is 0 Å². The van der Waals surface area contributed by atoms with Gasteiger partial charge in [-0.15, -0.1) is 0 Å². The third kappa shape index (κ3) is 6.00. The molecule has 0 amide bonds. The molecular weight excluding hydrogens is 763 g/mol. The van der Waals surface area contributed by atoms with E-state index in [1.165, 1.54) is 0 Å². The molecule has 0 saturated heterocycles. The van der Waals surface area contributed by atoms with Gasteiger partial charge < -0.3 is 4.42 Å². The van der Waals surface area contributed by atoms with Crippen LogP contribution in [0.4, 0.5) is 0 Å². The largest absolute Gasteiger partial charge is 0.455 e. The van der Waals surface area contributed by atoms with E-state index in [4.69, 9.17) is 34.3 Å². The molecule has 0 radical (unpaired) electrons. The maximum absolute atomic E-state index is 6.83. The van der Waals surface area contributed by atoms with Gasteiger partial charge in [-0.2, -0.15) is 9.97 Å². The summed E-state index contributed by atoms with van der Waals surface area (Å²) in [6.07, 6.45) is 0. The number of aromatic nitrogens is 7. The van der Waals surface area contributed by atoms with Crippen LogP contribution in [0.2, 0.25) is 0 Å². The van der Waals surface area contributed by atoms with Crippen molar-refractivity contribution in [2.24, 2.45) is 0 Å². The van der Waals surface area contributed by atoms with Gasteiger partial charge in [0.15, 0.2) is 29.1 Å². The maximum atomic E-state index is 6.83. The Morgan fingerprint density at radius 3 is 1.47 bits per heavy atom. The lowest BCUT2D eigenvalue weighted by molar-refractivity contribution is 0.669. The van der Waals surface area contributed by atoms with Crippen LogP contribution in [0.5, 0.6) is 0 Å². The molecule has 0 aliphatic rings. The number of hydrogen-bond donors (Lipinski definition) is 0. The molecule has 4 heterocycles. The van der Waals surface area contributed by atoms with Crippen LogP contribution in [-0.2, 0) is 0 Å². The average Bonchev–Trinajstić information content (AvgIpc) is 3.91. The Morgan fingerprint density at radius 1 is 0.323 bits per heavy atom. The quantitative estimate of drug-likeness (QED) is 0.158. The Morgan fingerprint density at radius 2 is 0.806 bits per heavy atom. The Balaban J connectivity index is 1.08. The second kappa shape index (κ2) is 14.6. The standard InChI is InChI=1S/C54H33N7O/c1-5-17-34(18-6-1)38-31-32-40-39-25-13-14-29-44(39)61(45(40)33-38)54-59-51(37-23-11-4-12-24-37)58-53(60-54)43-28-15-26-41-47-42(27-16-30-46(47)62-48(41)43)52-56-49(35-19-7-2-8-20-35)55-50(57-52)36-21-9-3-10-22-36/h1-33H. The van der Waals surface area contributed by atoms with Gasteiger partial charge in [0.2, 0.25) is 5.95 Å². The van der Waals surface area contributed by atoms with E-state index in [1.54, 1.807) is 0 Å². The number of hydrogen-bond acceptors (Lipinski definition) is 7. The first-order chi connectivity index (χ1) is 30.7. The smallest absolute Gasteiger partial charge is 0.238 e. The van der Waals surface area contributed by atoms with Crippen molar-refractivity contribution in [1.29, 1.82) is 0 Å². The second-order valence-electron chi connectivity index (χ2n) is 15.1. The highest BCUT2D eigenvalue weighted by Crippen LogP contribution is 2.41. The first-order valence-corrected chi connectivity index (χ1v) is 20.5. The number of benzene rings is 8. The van der Waals surface area contributed by atoms with Gasteiger partial charge >= 0.3 is 0 Å².